The molecule has 38 heavy (non-hydrogen) atoms. The van der Waals surface area contributed by atoms with E-state index in [1.807, 2.05) is 13.8 Å². The van der Waals surface area contributed by atoms with Crippen LogP contribution in [0.2, 0.25) is 0 Å². The molecule has 0 spiro atoms. The van der Waals surface area contributed by atoms with E-state index < -0.39 is 24.0 Å². The van der Waals surface area contributed by atoms with E-state index in [-0.39, 0.29) is 35.8 Å². The maximum atomic E-state index is 12.3. The minimum Gasteiger partial charge on any atom is -0.489 e. The summed E-state index contributed by atoms with van der Waals surface area (Å²) in [5.74, 6) is -1.04. The number of hydrogen-bond acceptors (Lipinski definition) is 6. The van der Waals surface area contributed by atoms with Gasteiger partial charge in [0.05, 0.1) is 11.1 Å². The Morgan fingerprint density at radius 1 is 1.03 bits per heavy atom. The van der Waals surface area contributed by atoms with Crippen molar-refractivity contribution in [1.82, 2.24) is 5.32 Å². The summed E-state index contributed by atoms with van der Waals surface area (Å²) >= 11 is 0. The first-order valence-corrected chi connectivity index (χ1v) is 11.6. The summed E-state index contributed by atoms with van der Waals surface area (Å²) in [6, 6.07) is 18.9. The molecule has 0 unspecified atom stereocenters. The minimum atomic E-state index is -4.75. The lowest BCUT2D eigenvalue weighted by molar-refractivity contribution is -0.274. The maximum absolute atomic E-state index is 12.3. The molecule has 3 rings (SSSR count). The molecular formula is C28H27F3N2O5. The Morgan fingerprint density at radius 2 is 1.66 bits per heavy atom. The highest BCUT2D eigenvalue weighted by atomic mass is 19.4. The molecule has 0 aliphatic carbocycles. The highest BCUT2D eigenvalue weighted by Crippen LogP contribution is 2.28. The zero-order chi connectivity index (χ0) is 27.9. The number of hydrogen-bond donors (Lipinski definition) is 3. The molecule has 10 heteroatoms. The molecule has 1 atom stereocenters. The summed E-state index contributed by atoms with van der Waals surface area (Å²) in [4.78, 5) is 11.1. The molecule has 200 valence electrons. The van der Waals surface area contributed by atoms with Crippen LogP contribution in [0.3, 0.4) is 0 Å². The lowest BCUT2D eigenvalue weighted by atomic mass is 9.94. The van der Waals surface area contributed by atoms with E-state index in [9.17, 15) is 28.3 Å². The molecule has 0 amide bonds. The lowest BCUT2D eigenvalue weighted by Gasteiger charge is -2.28. The predicted molar refractivity (Wildman–Crippen MR) is 134 cm³/mol. The second-order valence-corrected chi connectivity index (χ2v) is 9.30. The van der Waals surface area contributed by atoms with Crippen LogP contribution in [-0.2, 0) is 6.42 Å². The Balaban J connectivity index is 1.56. The van der Waals surface area contributed by atoms with Gasteiger partial charge in [-0.05, 0) is 73.4 Å². The Labute approximate surface area is 218 Å². The average Bonchev–Trinajstić information content (AvgIpc) is 2.86. The molecule has 0 fully saturated rings. The Bertz CT molecular complexity index is 1280. The number of nitrogens with one attached hydrogen (secondary N) is 1. The van der Waals surface area contributed by atoms with Gasteiger partial charge in [-0.15, -0.1) is 13.2 Å². The third-order valence-electron chi connectivity index (χ3n) is 5.62. The Hall–Kier alpha value is -4.07. The molecule has 0 aliphatic heterocycles. The topological polar surface area (TPSA) is 112 Å². The van der Waals surface area contributed by atoms with E-state index in [1.54, 1.807) is 42.5 Å². The number of carbonyl (C=O) groups is 1. The number of carboxylic acid groups (broad SMARTS) is 1. The number of rotatable bonds is 11. The van der Waals surface area contributed by atoms with Crippen LogP contribution in [0.5, 0.6) is 11.5 Å². The van der Waals surface area contributed by atoms with Gasteiger partial charge in [-0.1, -0.05) is 30.3 Å². The first-order chi connectivity index (χ1) is 17.8. The van der Waals surface area contributed by atoms with Gasteiger partial charge in [0, 0.05) is 12.1 Å². The van der Waals surface area contributed by atoms with Crippen molar-refractivity contribution in [3.63, 3.8) is 0 Å². The zero-order valence-electron chi connectivity index (χ0n) is 20.7. The molecule has 3 aromatic carbocycles. The standard InChI is InChI=1S/C28H27F3N2O5/c1-27(2,14-18-3-11-24(12-4-18)38-28(29,30)31)33-16-23(34)17-37-25-13-21(9-10-22(25)15-32)19-5-7-20(8-6-19)26(35)36/h3-13,23,33-34H,14,16-17H2,1-2H3,(H,35,36)/t23-/m0/s1. The highest BCUT2D eigenvalue weighted by Gasteiger charge is 2.31. The van der Waals surface area contributed by atoms with E-state index in [0.717, 1.165) is 16.7 Å². The second kappa shape index (κ2) is 12.0. The van der Waals surface area contributed by atoms with Gasteiger partial charge < -0.3 is 25.0 Å². The molecule has 7 nitrogen and oxygen atoms in total. The summed E-state index contributed by atoms with van der Waals surface area (Å²) in [5.41, 5.74) is 2.20. The van der Waals surface area contributed by atoms with Crippen molar-refractivity contribution < 1.29 is 37.7 Å². The van der Waals surface area contributed by atoms with Crippen LogP contribution in [0.1, 0.15) is 35.3 Å². The third-order valence-corrected chi connectivity index (χ3v) is 5.62. The van der Waals surface area contributed by atoms with E-state index >= 15 is 0 Å². The zero-order valence-corrected chi connectivity index (χ0v) is 20.7. The molecule has 0 saturated carbocycles. The largest absolute Gasteiger partial charge is 0.573 e. The smallest absolute Gasteiger partial charge is 0.489 e. The van der Waals surface area contributed by atoms with E-state index in [1.165, 1.54) is 24.3 Å². The number of benzene rings is 3. The number of nitrogens with zero attached hydrogens (tertiary/aromatic N) is 1. The average molecular weight is 529 g/mol. The molecule has 0 aromatic heterocycles. The number of β-amino-alcohol motifs (C(OH)–C–C–N with tert-alkyl or cyclic N) is 1. The number of aliphatic hydroxyl groups excluding tert-OH is 1. The van der Waals surface area contributed by atoms with Crippen LogP contribution < -0.4 is 14.8 Å². The normalized spacial score (nSPS) is 12.4. The lowest BCUT2D eigenvalue weighted by Crippen LogP contribution is -2.46. The fourth-order valence-corrected chi connectivity index (χ4v) is 3.74. The van der Waals surface area contributed by atoms with Gasteiger partial charge in [0.15, 0.2) is 0 Å². The summed E-state index contributed by atoms with van der Waals surface area (Å²) in [6.45, 7) is 3.87. The van der Waals surface area contributed by atoms with Gasteiger partial charge in [0.25, 0.3) is 0 Å². The van der Waals surface area contributed by atoms with Crippen molar-refractivity contribution in [1.29, 1.82) is 5.26 Å². The molecule has 0 radical (unpaired) electrons. The van der Waals surface area contributed by atoms with Crippen LogP contribution in [0.15, 0.2) is 66.7 Å². The van der Waals surface area contributed by atoms with Crippen LogP contribution in [-0.4, -0.2) is 47.3 Å². The molecule has 0 bridgehead atoms. The monoisotopic (exact) mass is 528 g/mol. The first-order valence-electron chi connectivity index (χ1n) is 11.6. The van der Waals surface area contributed by atoms with Gasteiger partial charge in [0.1, 0.15) is 30.3 Å². The number of alkyl halides is 3. The van der Waals surface area contributed by atoms with Gasteiger partial charge in [0.2, 0.25) is 0 Å². The fraction of sp³-hybridized carbons (Fsp3) is 0.286. The van der Waals surface area contributed by atoms with Crippen LogP contribution >= 0.6 is 0 Å². The van der Waals surface area contributed by atoms with Gasteiger partial charge >= 0.3 is 12.3 Å². The van der Waals surface area contributed by atoms with Gasteiger partial charge in [-0.3, -0.25) is 0 Å². The highest BCUT2D eigenvalue weighted by molar-refractivity contribution is 5.88. The summed E-state index contributed by atoms with van der Waals surface area (Å²) in [6.07, 6.45) is -5.18. The van der Waals surface area contributed by atoms with E-state index in [0.29, 0.717) is 6.42 Å². The molecule has 0 saturated heterocycles. The predicted octanol–water partition coefficient (Wildman–Crippen LogP) is 5.17. The van der Waals surface area contributed by atoms with E-state index in [4.69, 9.17) is 9.84 Å². The van der Waals surface area contributed by atoms with Gasteiger partial charge in [-0.2, -0.15) is 5.26 Å². The minimum absolute atomic E-state index is 0.0946. The van der Waals surface area contributed by atoms with Crippen LogP contribution in [0, 0.1) is 11.3 Å². The maximum Gasteiger partial charge on any atom is 0.573 e. The van der Waals surface area contributed by atoms with Crippen molar-refractivity contribution in [3.05, 3.63) is 83.4 Å². The van der Waals surface area contributed by atoms with Gasteiger partial charge in [-0.25, -0.2) is 4.79 Å². The van der Waals surface area contributed by atoms with Crippen molar-refractivity contribution in [2.75, 3.05) is 13.2 Å². The fourth-order valence-electron chi connectivity index (χ4n) is 3.74. The van der Waals surface area contributed by atoms with Crippen molar-refractivity contribution >= 4 is 5.97 Å². The molecule has 0 aliphatic rings. The summed E-state index contributed by atoms with van der Waals surface area (Å²) in [7, 11) is 0. The molecule has 0 heterocycles. The quantitative estimate of drug-likeness (QED) is 0.315. The van der Waals surface area contributed by atoms with Crippen LogP contribution in [0.4, 0.5) is 13.2 Å². The first kappa shape index (κ1) is 28.5. The summed E-state index contributed by atoms with van der Waals surface area (Å²) in [5, 5.41) is 32.2. The number of halogens is 3. The number of aromatic carboxylic acids is 1. The van der Waals surface area contributed by atoms with Crippen molar-refractivity contribution in [2.24, 2.45) is 0 Å². The number of carboxylic acids is 1. The number of aliphatic hydroxyl groups is 1. The Morgan fingerprint density at radius 3 is 2.24 bits per heavy atom. The Kier molecular flexibility index (Phi) is 8.99. The van der Waals surface area contributed by atoms with Crippen LogP contribution in [0.25, 0.3) is 11.1 Å². The molecule has 3 N–H and O–H groups in total. The number of ether oxygens (including phenoxy) is 2. The number of nitriles is 1. The van der Waals surface area contributed by atoms with Crippen molar-refractivity contribution in [3.8, 4) is 28.7 Å². The van der Waals surface area contributed by atoms with Crippen molar-refractivity contribution in [2.45, 2.75) is 38.3 Å². The van der Waals surface area contributed by atoms with E-state index in [2.05, 4.69) is 16.1 Å². The third kappa shape index (κ3) is 8.50. The molecule has 3 aromatic rings. The second-order valence-electron chi connectivity index (χ2n) is 9.30. The SMILES string of the molecule is CC(C)(Cc1ccc(OC(F)(F)F)cc1)NC[C@H](O)COc1cc(-c2ccc(C(=O)O)cc2)ccc1C#N. The summed E-state index contributed by atoms with van der Waals surface area (Å²) < 4.78 is 46.6. The molecular weight excluding hydrogens is 501 g/mol.